The highest BCUT2D eigenvalue weighted by Gasteiger charge is 2.08. The number of aromatic amines is 1. The van der Waals surface area contributed by atoms with Crippen molar-refractivity contribution in [2.45, 2.75) is 27.2 Å². The van der Waals surface area contributed by atoms with E-state index in [-0.39, 0.29) is 12.5 Å². The third-order valence-electron chi connectivity index (χ3n) is 3.14. The second kappa shape index (κ2) is 6.99. The summed E-state index contributed by atoms with van der Waals surface area (Å²) in [5, 5.41) is 13.1. The molecule has 112 valence electrons. The third-order valence-corrected chi connectivity index (χ3v) is 3.14. The highest BCUT2D eigenvalue weighted by Crippen LogP contribution is 2.21. The smallest absolute Gasteiger partial charge is 0.250 e. The van der Waals surface area contributed by atoms with Gasteiger partial charge in [-0.15, -0.1) is 0 Å². The molecule has 0 bridgehead atoms. The predicted octanol–water partition coefficient (Wildman–Crippen LogP) is 1.93. The minimum atomic E-state index is -0.148. The second-order valence-electron chi connectivity index (χ2n) is 5.09. The Balaban J connectivity index is 1.79. The molecule has 2 rings (SSSR count). The zero-order valence-corrected chi connectivity index (χ0v) is 12.6. The predicted molar refractivity (Wildman–Crippen MR) is 80.2 cm³/mol. The molecule has 1 heterocycles. The van der Waals surface area contributed by atoms with Gasteiger partial charge in [-0.2, -0.15) is 15.4 Å². The van der Waals surface area contributed by atoms with Crippen molar-refractivity contribution in [1.29, 1.82) is 0 Å². The number of nitrogens with one attached hydrogen (secondary N) is 2. The van der Waals surface area contributed by atoms with Crippen LogP contribution in [0.4, 0.5) is 5.69 Å². The van der Waals surface area contributed by atoms with Crippen LogP contribution in [-0.2, 0) is 16.0 Å². The Morgan fingerprint density at radius 2 is 2.00 bits per heavy atom. The molecule has 6 nitrogen and oxygen atoms in total. The lowest BCUT2D eigenvalue weighted by Gasteiger charge is -2.12. The summed E-state index contributed by atoms with van der Waals surface area (Å²) in [7, 11) is 0. The van der Waals surface area contributed by atoms with Crippen LogP contribution in [0.25, 0.3) is 0 Å². The van der Waals surface area contributed by atoms with Crippen LogP contribution in [0, 0.1) is 20.8 Å². The summed E-state index contributed by atoms with van der Waals surface area (Å²) in [5.74, 6) is -0.148. The number of amides is 1. The number of aromatic nitrogens is 3. The maximum atomic E-state index is 11.9. The van der Waals surface area contributed by atoms with Gasteiger partial charge in [0.15, 0.2) is 0 Å². The fourth-order valence-corrected chi connectivity index (χ4v) is 2.24. The summed E-state index contributed by atoms with van der Waals surface area (Å²) in [6, 6.07) is 4.10. The molecule has 2 aromatic rings. The first kappa shape index (κ1) is 15.2. The highest BCUT2D eigenvalue weighted by molar-refractivity contribution is 5.93. The van der Waals surface area contributed by atoms with Crippen molar-refractivity contribution in [3.63, 3.8) is 0 Å². The van der Waals surface area contributed by atoms with Gasteiger partial charge < -0.3 is 10.1 Å². The normalized spacial score (nSPS) is 10.6. The number of rotatable bonds is 6. The van der Waals surface area contributed by atoms with E-state index >= 15 is 0 Å². The third kappa shape index (κ3) is 4.39. The molecule has 0 aliphatic rings. The standard InChI is InChI=1S/C15H20N4O2/c1-10-6-11(2)15(12(3)7-10)17-14(20)9-21-5-4-13-8-16-19-18-13/h6-8H,4-5,9H2,1-3H3,(H,17,20)(H,16,18,19). The van der Waals surface area contributed by atoms with E-state index in [2.05, 4.69) is 20.7 Å². The number of ether oxygens (including phenoxy) is 1. The molecule has 6 heteroatoms. The number of hydrogen-bond acceptors (Lipinski definition) is 4. The summed E-state index contributed by atoms with van der Waals surface area (Å²) in [4.78, 5) is 11.9. The quantitative estimate of drug-likeness (QED) is 0.796. The molecule has 0 aliphatic heterocycles. The van der Waals surface area contributed by atoms with Crippen LogP contribution in [0.15, 0.2) is 18.3 Å². The Kier molecular flexibility index (Phi) is 5.05. The van der Waals surface area contributed by atoms with E-state index in [4.69, 9.17) is 4.74 Å². The van der Waals surface area contributed by atoms with Crippen molar-refractivity contribution in [2.24, 2.45) is 0 Å². The second-order valence-corrected chi connectivity index (χ2v) is 5.09. The monoisotopic (exact) mass is 288 g/mol. The van der Waals surface area contributed by atoms with Crippen LogP contribution in [0.5, 0.6) is 0 Å². The number of carbonyl (C=O) groups is 1. The van der Waals surface area contributed by atoms with Gasteiger partial charge in [0.05, 0.1) is 18.5 Å². The van der Waals surface area contributed by atoms with Crippen LogP contribution in [0.2, 0.25) is 0 Å². The van der Waals surface area contributed by atoms with Gasteiger partial charge in [-0.3, -0.25) is 4.79 Å². The number of aryl methyl sites for hydroxylation is 3. The molecule has 0 aliphatic carbocycles. The van der Waals surface area contributed by atoms with Gasteiger partial charge in [0.1, 0.15) is 6.61 Å². The van der Waals surface area contributed by atoms with E-state index < -0.39 is 0 Å². The molecule has 1 amide bonds. The van der Waals surface area contributed by atoms with Crippen molar-refractivity contribution in [2.75, 3.05) is 18.5 Å². The van der Waals surface area contributed by atoms with Crippen LogP contribution in [0.1, 0.15) is 22.4 Å². The van der Waals surface area contributed by atoms with Crippen LogP contribution >= 0.6 is 0 Å². The van der Waals surface area contributed by atoms with Gasteiger partial charge in [-0.25, -0.2) is 0 Å². The molecule has 0 unspecified atom stereocenters. The maximum absolute atomic E-state index is 11.9. The fraction of sp³-hybridized carbons (Fsp3) is 0.400. The van der Waals surface area contributed by atoms with E-state index in [1.54, 1.807) is 6.20 Å². The summed E-state index contributed by atoms with van der Waals surface area (Å²) in [6.45, 7) is 6.48. The van der Waals surface area contributed by atoms with Crippen molar-refractivity contribution < 1.29 is 9.53 Å². The van der Waals surface area contributed by atoms with Crippen molar-refractivity contribution >= 4 is 11.6 Å². The summed E-state index contributed by atoms with van der Waals surface area (Å²) in [5.41, 5.74) is 4.99. The van der Waals surface area contributed by atoms with Crippen LogP contribution < -0.4 is 5.32 Å². The number of nitrogens with zero attached hydrogens (tertiary/aromatic N) is 2. The first-order valence-electron chi connectivity index (χ1n) is 6.86. The number of H-pyrrole nitrogens is 1. The molecule has 1 aromatic heterocycles. The molecule has 0 saturated heterocycles. The summed E-state index contributed by atoms with van der Waals surface area (Å²) >= 11 is 0. The molecule has 0 radical (unpaired) electrons. The zero-order valence-electron chi connectivity index (χ0n) is 12.6. The average Bonchev–Trinajstić information content (AvgIpc) is 2.92. The Hall–Kier alpha value is -2.21. The molecule has 0 spiro atoms. The van der Waals surface area contributed by atoms with Crippen molar-refractivity contribution in [3.8, 4) is 0 Å². The molecule has 21 heavy (non-hydrogen) atoms. The molecular weight excluding hydrogens is 268 g/mol. The Labute approximate surface area is 123 Å². The minimum absolute atomic E-state index is 0.0323. The lowest BCUT2D eigenvalue weighted by molar-refractivity contribution is -0.120. The largest absolute Gasteiger partial charge is 0.371 e. The lowest BCUT2D eigenvalue weighted by Crippen LogP contribution is -2.20. The molecule has 0 fully saturated rings. The number of benzene rings is 1. The van der Waals surface area contributed by atoms with E-state index in [1.165, 1.54) is 5.56 Å². The topological polar surface area (TPSA) is 79.9 Å². The minimum Gasteiger partial charge on any atom is -0.371 e. The van der Waals surface area contributed by atoms with Gasteiger partial charge in [0, 0.05) is 12.1 Å². The van der Waals surface area contributed by atoms with E-state index in [1.807, 2.05) is 32.9 Å². The van der Waals surface area contributed by atoms with Crippen LogP contribution in [-0.4, -0.2) is 34.5 Å². The number of hydrogen-bond donors (Lipinski definition) is 2. The first-order valence-corrected chi connectivity index (χ1v) is 6.86. The maximum Gasteiger partial charge on any atom is 0.250 e. The van der Waals surface area contributed by atoms with E-state index in [0.717, 1.165) is 22.5 Å². The first-order chi connectivity index (χ1) is 10.1. The summed E-state index contributed by atoms with van der Waals surface area (Å²) < 4.78 is 5.35. The number of carbonyl (C=O) groups excluding carboxylic acids is 1. The van der Waals surface area contributed by atoms with Crippen LogP contribution in [0.3, 0.4) is 0 Å². The van der Waals surface area contributed by atoms with Gasteiger partial charge in [-0.1, -0.05) is 17.7 Å². The molecule has 1 aromatic carbocycles. The van der Waals surface area contributed by atoms with Gasteiger partial charge in [-0.05, 0) is 31.9 Å². The van der Waals surface area contributed by atoms with Gasteiger partial charge in [0.25, 0.3) is 0 Å². The fourth-order valence-electron chi connectivity index (χ4n) is 2.24. The Morgan fingerprint density at radius 1 is 1.29 bits per heavy atom. The number of anilines is 1. The lowest BCUT2D eigenvalue weighted by atomic mass is 10.1. The van der Waals surface area contributed by atoms with Crippen molar-refractivity contribution in [3.05, 3.63) is 40.7 Å². The van der Waals surface area contributed by atoms with Crippen molar-refractivity contribution in [1.82, 2.24) is 15.4 Å². The molecular formula is C15H20N4O2. The van der Waals surface area contributed by atoms with E-state index in [9.17, 15) is 4.79 Å². The van der Waals surface area contributed by atoms with E-state index in [0.29, 0.717) is 13.0 Å². The highest BCUT2D eigenvalue weighted by atomic mass is 16.5. The molecule has 0 saturated carbocycles. The van der Waals surface area contributed by atoms with Gasteiger partial charge in [0.2, 0.25) is 5.91 Å². The molecule has 0 atom stereocenters. The van der Waals surface area contributed by atoms with Gasteiger partial charge >= 0.3 is 0 Å². The molecule has 2 N–H and O–H groups in total. The zero-order chi connectivity index (χ0) is 15.2. The SMILES string of the molecule is Cc1cc(C)c(NC(=O)COCCc2cn[nH]n2)c(C)c1. The average molecular weight is 288 g/mol. The Bertz CT molecular complexity index is 585. The summed E-state index contributed by atoms with van der Waals surface area (Å²) in [6.07, 6.45) is 2.27. The Morgan fingerprint density at radius 3 is 2.62 bits per heavy atom.